The molecule has 4 heteroatoms. The van der Waals surface area contributed by atoms with Crippen LogP contribution in [0.2, 0.25) is 0 Å². The summed E-state index contributed by atoms with van der Waals surface area (Å²) in [5, 5.41) is 0. The molecule has 4 nitrogen and oxygen atoms in total. The van der Waals surface area contributed by atoms with Gasteiger partial charge >= 0.3 is 11.9 Å². The van der Waals surface area contributed by atoms with Gasteiger partial charge in [0.1, 0.15) is 11.5 Å². The van der Waals surface area contributed by atoms with Crippen LogP contribution in [-0.2, 0) is 22.4 Å². The highest BCUT2D eigenvalue weighted by Gasteiger charge is 2.21. The molecular weight excluding hydrogens is 352 g/mol. The van der Waals surface area contributed by atoms with Crippen LogP contribution in [0, 0.1) is 0 Å². The van der Waals surface area contributed by atoms with E-state index in [1.165, 1.54) is 0 Å². The Hall–Kier alpha value is -2.62. The third-order valence-corrected chi connectivity index (χ3v) is 4.62. The van der Waals surface area contributed by atoms with Crippen molar-refractivity contribution in [2.24, 2.45) is 0 Å². The third-order valence-electron chi connectivity index (χ3n) is 4.62. The molecular formula is C24H30O4. The molecule has 0 aliphatic heterocycles. The summed E-state index contributed by atoms with van der Waals surface area (Å²) in [5.41, 5.74) is 1.86. The van der Waals surface area contributed by atoms with Gasteiger partial charge in [-0.3, -0.25) is 0 Å². The van der Waals surface area contributed by atoms with Gasteiger partial charge in [-0.25, -0.2) is 9.59 Å². The zero-order chi connectivity index (χ0) is 20.2. The SMILES string of the molecule is CCCCCc1ccccc1OC(=O)C(=O)Oc1ccccc1CCCCC. The molecule has 0 saturated heterocycles. The first-order valence-corrected chi connectivity index (χ1v) is 10.3. The molecule has 0 aromatic heterocycles. The summed E-state index contributed by atoms with van der Waals surface area (Å²) in [6.07, 6.45) is 8.11. The highest BCUT2D eigenvalue weighted by molar-refractivity contribution is 6.31. The molecule has 0 unspecified atom stereocenters. The Morgan fingerprint density at radius 3 is 1.43 bits per heavy atom. The molecule has 0 heterocycles. The van der Waals surface area contributed by atoms with Crippen molar-refractivity contribution in [2.45, 2.75) is 65.2 Å². The van der Waals surface area contributed by atoms with Crippen molar-refractivity contribution in [3.63, 3.8) is 0 Å². The Kier molecular flexibility index (Phi) is 9.26. The number of para-hydroxylation sites is 2. The van der Waals surface area contributed by atoms with Crippen LogP contribution < -0.4 is 9.47 Å². The molecule has 0 fully saturated rings. The first-order valence-electron chi connectivity index (χ1n) is 10.3. The van der Waals surface area contributed by atoms with Crippen molar-refractivity contribution in [3.05, 3.63) is 59.7 Å². The van der Waals surface area contributed by atoms with E-state index in [2.05, 4.69) is 13.8 Å². The zero-order valence-electron chi connectivity index (χ0n) is 16.9. The number of ether oxygens (including phenoxy) is 2. The predicted molar refractivity (Wildman–Crippen MR) is 111 cm³/mol. The average Bonchev–Trinajstić information content (AvgIpc) is 2.71. The quantitative estimate of drug-likeness (QED) is 0.230. The molecule has 0 aliphatic carbocycles. The second-order valence-electron chi connectivity index (χ2n) is 6.91. The van der Waals surface area contributed by atoms with Gasteiger partial charge in [-0.1, -0.05) is 75.9 Å². The van der Waals surface area contributed by atoms with Crippen molar-refractivity contribution in [2.75, 3.05) is 0 Å². The van der Waals surface area contributed by atoms with Gasteiger partial charge in [0, 0.05) is 0 Å². The van der Waals surface area contributed by atoms with Gasteiger partial charge < -0.3 is 9.47 Å². The molecule has 2 aromatic rings. The van der Waals surface area contributed by atoms with E-state index in [-0.39, 0.29) is 0 Å². The fourth-order valence-corrected chi connectivity index (χ4v) is 3.03. The van der Waals surface area contributed by atoms with E-state index in [4.69, 9.17) is 9.47 Å². The average molecular weight is 383 g/mol. The van der Waals surface area contributed by atoms with E-state index in [0.717, 1.165) is 62.5 Å². The van der Waals surface area contributed by atoms with E-state index >= 15 is 0 Å². The molecule has 2 rings (SSSR count). The van der Waals surface area contributed by atoms with Crippen LogP contribution in [0.3, 0.4) is 0 Å². The number of hydrogen-bond acceptors (Lipinski definition) is 4. The molecule has 0 aliphatic rings. The number of esters is 2. The lowest BCUT2D eigenvalue weighted by Crippen LogP contribution is -2.26. The summed E-state index contributed by atoms with van der Waals surface area (Å²) in [4.78, 5) is 24.5. The van der Waals surface area contributed by atoms with Crippen LogP contribution in [0.15, 0.2) is 48.5 Å². The molecule has 28 heavy (non-hydrogen) atoms. The smallest absolute Gasteiger partial charge is 0.418 e. The molecule has 0 radical (unpaired) electrons. The lowest BCUT2D eigenvalue weighted by molar-refractivity contribution is -0.156. The lowest BCUT2D eigenvalue weighted by Gasteiger charge is -2.11. The highest BCUT2D eigenvalue weighted by atomic mass is 16.6. The maximum atomic E-state index is 12.3. The number of hydrogen-bond donors (Lipinski definition) is 0. The first-order chi connectivity index (χ1) is 13.7. The number of benzene rings is 2. The molecule has 0 spiro atoms. The summed E-state index contributed by atoms with van der Waals surface area (Å²) in [6.45, 7) is 4.28. The number of rotatable bonds is 10. The number of aryl methyl sites for hydroxylation is 2. The summed E-state index contributed by atoms with van der Waals surface area (Å²) in [7, 11) is 0. The summed E-state index contributed by atoms with van der Waals surface area (Å²) >= 11 is 0. The van der Waals surface area contributed by atoms with E-state index in [1.54, 1.807) is 24.3 Å². The largest absolute Gasteiger partial charge is 0.423 e. The Morgan fingerprint density at radius 2 is 1.04 bits per heavy atom. The lowest BCUT2D eigenvalue weighted by atomic mass is 10.1. The van der Waals surface area contributed by atoms with Gasteiger partial charge in [0.2, 0.25) is 0 Å². The second-order valence-corrected chi connectivity index (χ2v) is 6.91. The maximum absolute atomic E-state index is 12.3. The van der Waals surface area contributed by atoms with E-state index < -0.39 is 11.9 Å². The first kappa shape index (κ1) is 21.7. The fourth-order valence-electron chi connectivity index (χ4n) is 3.03. The highest BCUT2D eigenvalue weighted by Crippen LogP contribution is 2.23. The third kappa shape index (κ3) is 6.84. The van der Waals surface area contributed by atoms with Crippen LogP contribution in [0.5, 0.6) is 11.5 Å². The number of carbonyl (C=O) groups is 2. The van der Waals surface area contributed by atoms with Crippen LogP contribution >= 0.6 is 0 Å². The van der Waals surface area contributed by atoms with Gasteiger partial charge in [0.25, 0.3) is 0 Å². The van der Waals surface area contributed by atoms with Crippen molar-refractivity contribution in [1.29, 1.82) is 0 Å². The van der Waals surface area contributed by atoms with Crippen LogP contribution in [0.1, 0.15) is 63.5 Å². The number of unbranched alkanes of at least 4 members (excludes halogenated alkanes) is 4. The minimum Gasteiger partial charge on any atom is -0.418 e. The van der Waals surface area contributed by atoms with Crippen molar-refractivity contribution in [3.8, 4) is 11.5 Å². The van der Waals surface area contributed by atoms with E-state index in [1.807, 2.05) is 24.3 Å². The fraction of sp³-hybridized carbons (Fsp3) is 0.417. The van der Waals surface area contributed by atoms with Crippen molar-refractivity contribution >= 4 is 11.9 Å². The molecule has 150 valence electrons. The second kappa shape index (κ2) is 12.0. The summed E-state index contributed by atoms with van der Waals surface area (Å²) in [6, 6.07) is 14.7. The van der Waals surface area contributed by atoms with Crippen LogP contribution in [-0.4, -0.2) is 11.9 Å². The predicted octanol–water partition coefficient (Wildman–Crippen LogP) is 5.66. The standard InChI is InChI=1S/C24H30O4/c1-3-5-7-13-19-15-9-11-17-21(19)27-23(25)24(26)28-22-18-12-10-16-20(22)14-8-6-4-2/h9-12,15-18H,3-8,13-14H2,1-2H3. The molecule has 0 N–H and O–H groups in total. The molecule has 0 amide bonds. The Morgan fingerprint density at radius 1 is 0.643 bits per heavy atom. The summed E-state index contributed by atoms with van der Waals surface area (Å²) in [5.74, 6) is -1.13. The van der Waals surface area contributed by atoms with Crippen molar-refractivity contribution in [1.82, 2.24) is 0 Å². The molecule has 0 saturated carbocycles. The normalized spacial score (nSPS) is 10.5. The Balaban J connectivity index is 2.00. The van der Waals surface area contributed by atoms with E-state index in [9.17, 15) is 9.59 Å². The van der Waals surface area contributed by atoms with Gasteiger partial charge in [-0.15, -0.1) is 0 Å². The molecule has 2 aromatic carbocycles. The van der Waals surface area contributed by atoms with Crippen molar-refractivity contribution < 1.29 is 19.1 Å². The van der Waals surface area contributed by atoms with Gasteiger partial charge in [0.05, 0.1) is 0 Å². The van der Waals surface area contributed by atoms with Crippen LogP contribution in [0.4, 0.5) is 0 Å². The Bertz CT molecular complexity index is 701. The van der Waals surface area contributed by atoms with Gasteiger partial charge in [-0.2, -0.15) is 0 Å². The minimum absolute atomic E-state index is 0.428. The molecule has 0 atom stereocenters. The number of carbonyl (C=O) groups excluding carboxylic acids is 2. The maximum Gasteiger partial charge on any atom is 0.423 e. The van der Waals surface area contributed by atoms with Gasteiger partial charge in [-0.05, 0) is 48.9 Å². The van der Waals surface area contributed by atoms with Crippen LogP contribution in [0.25, 0.3) is 0 Å². The minimum atomic E-state index is -0.994. The monoisotopic (exact) mass is 382 g/mol. The summed E-state index contributed by atoms with van der Waals surface area (Å²) < 4.78 is 10.7. The van der Waals surface area contributed by atoms with E-state index in [0.29, 0.717) is 11.5 Å². The van der Waals surface area contributed by atoms with Gasteiger partial charge in [0.15, 0.2) is 0 Å². The zero-order valence-corrected chi connectivity index (χ0v) is 16.9. The topological polar surface area (TPSA) is 52.6 Å². The molecule has 0 bridgehead atoms. The Labute approximate surface area is 167 Å².